The third kappa shape index (κ3) is 4.05. The second-order valence-corrected chi connectivity index (χ2v) is 5.04. The molecule has 19 heavy (non-hydrogen) atoms. The van der Waals surface area contributed by atoms with E-state index in [1.54, 1.807) is 6.08 Å². The molecule has 3 nitrogen and oxygen atoms in total. The van der Waals surface area contributed by atoms with Gasteiger partial charge in [-0.15, -0.1) is 6.58 Å². The molecule has 0 aromatic rings. The van der Waals surface area contributed by atoms with E-state index in [4.69, 9.17) is 4.74 Å². The number of methoxy groups -OCH3 is 1. The lowest BCUT2D eigenvalue weighted by Gasteiger charge is -2.24. The van der Waals surface area contributed by atoms with Crippen LogP contribution in [0, 0.1) is 17.8 Å². The van der Waals surface area contributed by atoms with Gasteiger partial charge in [0.15, 0.2) is 0 Å². The van der Waals surface area contributed by atoms with Crippen molar-refractivity contribution in [3.63, 3.8) is 0 Å². The van der Waals surface area contributed by atoms with Gasteiger partial charge in [-0.25, -0.2) is 0 Å². The number of ketones is 1. The van der Waals surface area contributed by atoms with E-state index < -0.39 is 0 Å². The third-order valence-corrected chi connectivity index (χ3v) is 3.89. The van der Waals surface area contributed by atoms with Crippen LogP contribution in [0.25, 0.3) is 0 Å². The minimum atomic E-state index is -0.228. The maximum Gasteiger partial charge on any atom is 0.309 e. The molecule has 3 heteroatoms. The van der Waals surface area contributed by atoms with Crippen molar-refractivity contribution in [3.05, 3.63) is 24.8 Å². The van der Waals surface area contributed by atoms with Gasteiger partial charge >= 0.3 is 5.97 Å². The van der Waals surface area contributed by atoms with Gasteiger partial charge < -0.3 is 4.74 Å². The first kappa shape index (κ1) is 15.7. The lowest BCUT2D eigenvalue weighted by atomic mass is 9.80. The quantitative estimate of drug-likeness (QED) is 0.523. The zero-order chi connectivity index (χ0) is 14.3. The molecule has 0 amide bonds. The molecule has 0 aromatic heterocycles. The minimum absolute atomic E-state index is 0.0353. The van der Waals surface area contributed by atoms with Gasteiger partial charge in [0, 0.05) is 12.3 Å². The standard InChI is InChI=1S/C16H24O3/c1-4-6-7-9-13-12(10-11-15(13)17)14(8-5-2)16(18)19-3/h5-7,12-14H,2,4,8-11H2,1,3H3/b7-6-/t12-,13+,14?/m0/s1. The molecule has 0 aliphatic heterocycles. The average molecular weight is 264 g/mol. The van der Waals surface area contributed by atoms with Crippen molar-refractivity contribution in [3.8, 4) is 0 Å². The van der Waals surface area contributed by atoms with Crippen molar-refractivity contribution in [2.24, 2.45) is 17.8 Å². The predicted molar refractivity (Wildman–Crippen MR) is 75.6 cm³/mol. The van der Waals surface area contributed by atoms with Crippen LogP contribution >= 0.6 is 0 Å². The molecule has 106 valence electrons. The van der Waals surface area contributed by atoms with Crippen LogP contribution in [-0.2, 0) is 14.3 Å². The maximum absolute atomic E-state index is 12.0. The summed E-state index contributed by atoms with van der Waals surface area (Å²) >= 11 is 0. The summed E-state index contributed by atoms with van der Waals surface area (Å²) in [6, 6.07) is 0. The monoisotopic (exact) mass is 264 g/mol. The molecule has 1 rings (SSSR count). The summed E-state index contributed by atoms with van der Waals surface area (Å²) < 4.78 is 4.87. The van der Waals surface area contributed by atoms with Crippen molar-refractivity contribution in [2.75, 3.05) is 7.11 Å². The molecule has 0 radical (unpaired) electrons. The smallest absolute Gasteiger partial charge is 0.309 e. The van der Waals surface area contributed by atoms with Gasteiger partial charge in [0.05, 0.1) is 13.0 Å². The van der Waals surface area contributed by atoms with Crippen LogP contribution in [0.2, 0.25) is 0 Å². The Morgan fingerprint density at radius 3 is 2.84 bits per heavy atom. The van der Waals surface area contributed by atoms with Crippen LogP contribution in [-0.4, -0.2) is 18.9 Å². The molecule has 0 N–H and O–H groups in total. The highest BCUT2D eigenvalue weighted by Gasteiger charge is 2.41. The molecule has 1 fully saturated rings. The van der Waals surface area contributed by atoms with Crippen molar-refractivity contribution in [1.29, 1.82) is 0 Å². The van der Waals surface area contributed by atoms with Crippen LogP contribution in [0.3, 0.4) is 0 Å². The summed E-state index contributed by atoms with van der Waals surface area (Å²) in [7, 11) is 1.40. The van der Waals surface area contributed by atoms with Gasteiger partial charge in [0.25, 0.3) is 0 Å². The van der Waals surface area contributed by atoms with Crippen LogP contribution in [0.1, 0.15) is 39.0 Å². The van der Waals surface area contributed by atoms with Crippen molar-refractivity contribution < 1.29 is 14.3 Å². The number of rotatable bonds is 7. The summed E-state index contributed by atoms with van der Waals surface area (Å²) in [4.78, 5) is 23.9. The Hall–Kier alpha value is -1.38. The zero-order valence-electron chi connectivity index (χ0n) is 11.9. The van der Waals surface area contributed by atoms with E-state index in [0.29, 0.717) is 12.8 Å². The maximum atomic E-state index is 12.0. The van der Waals surface area contributed by atoms with Gasteiger partial charge in [0.2, 0.25) is 0 Å². The molecule has 0 heterocycles. The molecule has 0 saturated heterocycles. The average Bonchev–Trinajstić information content (AvgIpc) is 2.77. The van der Waals surface area contributed by atoms with Crippen LogP contribution in [0.15, 0.2) is 24.8 Å². The van der Waals surface area contributed by atoms with E-state index >= 15 is 0 Å². The molecule has 0 aromatic carbocycles. The topological polar surface area (TPSA) is 43.4 Å². The van der Waals surface area contributed by atoms with Gasteiger partial charge in [-0.05, 0) is 31.6 Å². The number of allylic oxidation sites excluding steroid dienone is 3. The molecule has 3 atom stereocenters. The normalized spacial score (nSPS) is 24.6. The minimum Gasteiger partial charge on any atom is -0.469 e. The van der Waals surface area contributed by atoms with E-state index in [1.165, 1.54) is 7.11 Å². The van der Waals surface area contributed by atoms with Gasteiger partial charge in [0.1, 0.15) is 5.78 Å². The lowest BCUT2D eigenvalue weighted by molar-refractivity contribution is -0.148. The highest BCUT2D eigenvalue weighted by Crippen LogP contribution is 2.39. The summed E-state index contributed by atoms with van der Waals surface area (Å²) in [5.74, 6) is -0.104. The van der Waals surface area contributed by atoms with Crippen molar-refractivity contribution in [1.82, 2.24) is 0 Å². The number of ether oxygens (including phenoxy) is 1. The zero-order valence-corrected chi connectivity index (χ0v) is 11.9. The number of carbonyl (C=O) groups excluding carboxylic acids is 2. The predicted octanol–water partition coefficient (Wildman–Crippen LogP) is 3.30. The number of hydrogen-bond acceptors (Lipinski definition) is 3. The molecule has 1 saturated carbocycles. The van der Waals surface area contributed by atoms with Crippen LogP contribution in [0.4, 0.5) is 0 Å². The Morgan fingerprint density at radius 2 is 2.26 bits per heavy atom. The number of esters is 1. The first-order valence-electron chi connectivity index (χ1n) is 7.02. The van der Waals surface area contributed by atoms with Gasteiger partial charge in [-0.2, -0.15) is 0 Å². The van der Waals surface area contributed by atoms with E-state index in [1.807, 2.05) is 0 Å². The Kier molecular flexibility index (Phi) is 6.54. The molecule has 1 aliphatic carbocycles. The lowest BCUT2D eigenvalue weighted by Crippen LogP contribution is -2.29. The number of hydrogen-bond donors (Lipinski definition) is 0. The second-order valence-electron chi connectivity index (χ2n) is 5.04. The van der Waals surface area contributed by atoms with E-state index in [0.717, 1.165) is 19.3 Å². The summed E-state index contributed by atoms with van der Waals surface area (Å²) in [5.41, 5.74) is 0. The molecule has 0 bridgehead atoms. The summed E-state index contributed by atoms with van der Waals surface area (Å²) in [6.07, 6.45) is 9.53. The Balaban J connectivity index is 2.81. The first-order valence-corrected chi connectivity index (χ1v) is 7.02. The van der Waals surface area contributed by atoms with E-state index in [2.05, 4.69) is 25.7 Å². The van der Waals surface area contributed by atoms with E-state index in [-0.39, 0.29) is 29.5 Å². The summed E-state index contributed by atoms with van der Waals surface area (Å²) in [6.45, 7) is 5.77. The summed E-state index contributed by atoms with van der Waals surface area (Å²) in [5, 5.41) is 0. The highest BCUT2D eigenvalue weighted by atomic mass is 16.5. The Bertz CT molecular complexity index is 357. The molecule has 1 unspecified atom stereocenters. The van der Waals surface area contributed by atoms with Crippen molar-refractivity contribution >= 4 is 11.8 Å². The first-order chi connectivity index (χ1) is 9.15. The molecular weight excluding hydrogens is 240 g/mol. The fourth-order valence-electron chi connectivity index (χ4n) is 2.91. The number of Topliss-reactive ketones (excluding diaryl/α,β-unsaturated/α-hetero) is 1. The van der Waals surface area contributed by atoms with Gasteiger partial charge in [-0.3, -0.25) is 9.59 Å². The van der Waals surface area contributed by atoms with Crippen molar-refractivity contribution in [2.45, 2.75) is 39.0 Å². The fourth-order valence-corrected chi connectivity index (χ4v) is 2.91. The van der Waals surface area contributed by atoms with E-state index in [9.17, 15) is 9.59 Å². The Labute approximate surface area is 115 Å². The second kappa shape index (κ2) is 7.93. The van der Waals surface area contributed by atoms with Crippen LogP contribution < -0.4 is 0 Å². The molecule has 0 spiro atoms. The largest absolute Gasteiger partial charge is 0.469 e. The van der Waals surface area contributed by atoms with Gasteiger partial charge in [-0.1, -0.05) is 25.2 Å². The third-order valence-electron chi connectivity index (χ3n) is 3.89. The SMILES string of the molecule is C=CCC(C(=O)OC)[C@H]1CCC(=O)[C@@H]1C/C=C\CC. The molecular formula is C16H24O3. The van der Waals surface area contributed by atoms with Crippen LogP contribution in [0.5, 0.6) is 0 Å². The molecule has 1 aliphatic rings. The number of carbonyl (C=O) groups is 2. The highest BCUT2D eigenvalue weighted by molar-refractivity contribution is 5.85. The Morgan fingerprint density at radius 1 is 1.53 bits per heavy atom. The fraction of sp³-hybridized carbons (Fsp3) is 0.625.